The summed E-state index contributed by atoms with van der Waals surface area (Å²) in [5.74, 6) is 0.0785. The van der Waals surface area contributed by atoms with E-state index in [9.17, 15) is 4.39 Å². The molecule has 0 unspecified atom stereocenters. The summed E-state index contributed by atoms with van der Waals surface area (Å²) in [5, 5.41) is 9.49. The third-order valence-electron chi connectivity index (χ3n) is 6.26. The maximum Gasteiger partial charge on any atom is 0.127 e. The predicted molar refractivity (Wildman–Crippen MR) is 142 cm³/mol. The second-order valence-corrected chi connectivity index (χ2v) is 9.22. The molecule has 37 heavy (non-hydrogen) atoms. The molecule has 5 aromatic heterocycles. The smallest absolute Gasteiger partial charge is 0.127 e. The molecular weight excluding hydrogens is 469 g/mol. The summed E-state index contributed by atoms with van der Waals surface area (Å²) >= 11 is 0. The molecule has 6 aromatic rings. The number of hydrogen-bond acceptors (Lipinski definition) is 6. The van der Waals surface area contributed by atoms with Crippen LogP contribution in [0.3, 0.4) is 0 Å². The third-order valence-corrected chi connectivity index (χ3v) is 6.26. The maximum absolute atomic E-state index is 14.2. The van der Waals surface area contributed by atoms with Crippen molar-refractivity contribution in [2.75, 3.05) is 21.2 Å². The van der Waals surface area contributed by atoms with E-state index in [1.165, 1.54) is 19.2 Å². The molecule has 1 aromatic carbocycles. The van der Waals surface area contributed by atoms with E-state index >= 15 is 0 Å². The summed E-state index contributed by atoms with van der Waals surface area (Å²) in [6.07, 6.45) is 8.96. The van der Waals surface area contributed by atoms with Gasteiger partial charge in [0.2, 0.25) is 0 Å². The predicted octanol–water partition coefficient (Wildman–Crippen LogP) is 5.44. The molecule has 0 radical (unpaired) electrons. The van der Waals surface area contributed by atoms with E-state index < -0.39 is 0 Å². The average molecular weight is 494 g/mol. The SMILES string of the molecule is COc1cc(F)cc(-c2cncc3[nH]c(-c4n[nH]c5cnc(-c6cncc(CN(C)C)c6)cc45)cc23)c1. The number of pyridine rings is 3. The molecule has 0 fully saturated rings. The van der Waals surface area contributed by atoms with Crippen LogP contribution in [0.1, 0.15) is 5.56 Å². The van der Waals surface area contributed by atoms with Gasteiger partial charge in [0, 0.05) is 53.1 Å². The highest BCUT2D eigenvalue weighted by Gasteiger charge is 2.16. The summed E-state index contributed by atoms with van der Waals surface area (Å²) in [7, 11) is 5.58. The minimum atomic E-state index is -0.371. The lowest BCUT2D eigenvalue weighted by atomic mass is 10.0. The van der Waals surface area contributed by atoms with Crippen LogP contribution in [0.4, 0.5) is 4.39 Å². The number of aromatic nitrogens is 6. The molecule has 0 saturated heterocycles. The number of fused-ring (bicyclic) bond motifs is 2. The zero-order valence-electron chi connectivity index (χ0n) is 20.6. The van der Waals surface area contributed by atoms with E-state index in [1.54, 1.807) is 24.7 Å². The Bertz CT molecular complexity index is 1760. The first kappa shape index (κ1) is 22.8. The number of ether oxygens (including phenoxy) is 1. The van der Waals surface area contributed by atoms with Gasteiger partial charge in [-0.15, -0.1) is 0 Å². The van der Waals surface area contributed by atoms with E-state index in [0.717, 1.165) is 62.1 Å². The van der Waals surface area contributed by atoms with E-state index in [1.807, 2.05) is 38.6 Å². The molecule has 9 heteroatoms. The van der Waals surface area contributed by atoms with Gasteiger partial charge in [-0.25, -0.2) is 4.39 Å². The van der Waals surface area contributed by atoms with E-state index in [2.05, 4.69) is 41.1 Å². The van der Waals surface area contributed by atoms with Gasteiger partial charge in [0.15, 0.2) is 0 Å². The highest BCUT2D eigenvalue weighted by molar-refractivity contribution is 6.01. The Hall–Kier alpha value is -4.63. The molecule has 6 rings (SSSR count). The fourth-order valence-electron chi connectivity index (χ4n) is 4.60. The molecule has 0 amide bonds. The van der Waals surface area contributed by atoms with Crippen molar-refractivity contribution in [2.24, 2.45) is 0 Å². The third kappa shape index (κ3) is 4.30. The van der Waals surface area contributed by atoms with Gasteiger partial charge in [-0.05, 0) is 55.6 Å². The number of nitrogens with zero attached hydrogens (tertiary/aromatic N) is 5. The number of methoxy groups -OCH3 is 1. The van der Waals surface area contributed by atoms with Crippen LogP contribution >= 0.6 is 0 Å². The van der Waals surface area contributed by atoms with Gasteiger partial charge < -0.3 is 14.6 Å². The lowest BCUT2D eigenvalue weighted by Crippen LogP contribution is -2.10. The molecule has 0 spiro atoms. The largest absolute Gasteiger partial charge is 0.497 e. The van der Waals surface area contributed by atoms with Crippen molar-refractivity contribution in [3.05, 3.63) is 78.8 Å². The number of nitrogens with one attached hydrogen (secondary N) is 2. The minimum absolute atomic E-state index is 0.371. The first-order valence-electron chi connectivity index (χ1n) is 11.7. The van der Waals surface area contributed by atoms with Gasteiger partial charge >= 0.3 is 0 Å². The molecule has 184 valence electrons. The van der Waals surface area contributed by atoms with Gasteiger partial charge in [-0.2, -0.15) is 5.10 Å². The Balaban J connectivity index is 1.45. The van der Waals surface area contributed by atoms with Gasteiger partial charge in [-0.1, -0.05) is 0 Å². The molecule has 0 atom stereocenters. The van der Waals surface area contributed by atoms with E-state index in [-0.39, 0.29) is 5.82 Å². The van der Waals surface area contributed by atoms with Crippen LogP contribution in [0.2, 0.25) is 0 Å². The Kier molecular flexibility index (Phi) is 5.61. The van der Waals surface area contributed by atoms with Crippen LogP contribution in [0.5, 0.6) is 5.75 Å². The second-order valence-electron chi connectivity index (χ2n) is 9.22. The van der Waals surface area contributed by atoms with Gasteiger partial charge in [-0.3, -0.25) is 20.1 Å². The van der Waals surface area contributed by atoms with Crippen molar-refractivity contribution < 1.29 is 9.13 Å². The van der Waals surface area contributed by atoms with Crippen molar-refractivity contribution in [1.29, 1.82) is 0 Å². The zero-order chi connectivity index (χ0) is 25.5. The standard InChI is InChI=1S/C28H24FN7O/c1-36(2)15-16-4-18(11-30-10-16)24-9-22-27(14-32-24)34-35-28(22)25-8-21-23(12-31-13-26(21)33-25)17-5-19(29)7-20(6-17)37-3/h4-14,33H,15H2,1-3H3,(H,34,35). The van der Waals surface area contributed by atoms with Crippen molar-refractivity contribution in [1.82, 2.24) is 35.0 Å². The molecule has 0 aliphatic carbocycles. The second kappa shape index (κ2) is 9.11. The van der Waals surface area contributed by atoms with Crippen molar-refractivity contribution in [3.8, 4) is 39.5 Å². The van der Waals surface area contributed by atoms with Crippen LogP contribution in [0.25, 0.3) is 55.6 Å². The Morgan fingerprint density at radius 2 is 1.73 bits per heavy atom. The number of aromatic amines is 2. The maximum atomic E-state index is 14.2. The first-order valence-corrected chi connectivity index (χ1v) is 11.7. The quantitative estimate of drug-likeness (QED) is 0.321. The highest BCUT2D eigenvalue weighted by Crippen LogP contribution is 2.35. The molecule has 0 saturated carbocycles. The van der Waals surface area contributed by atoms with Gasteiger partial charge in [0.1, 0.15) is 17.3 Å². The number of benzene rings is 1. The zero-order valence-corrected chi connectivity index (χ0v) is 20.6. The normalized spacial score (nSPS) is 11.6. The number of H-pyrrole nitrogens is 2. The molecule has 8 nitrogen and oxygen atoms in total. The van der Waals surface area contributed by atoms with Crippen molar-refractivity contribution in [3.63, 3.8) is 0 Å². The fraction of sp³-hybridized carbons (Fsp3) is 0.143. The Morgan fingerprint density at radius 1 is 0.865 bits per heavy atom. The van der Waals surface area contributed by atoms with Crippen LogP contribution in [-0.4, -0.2) is 56.2 Å². The molecule has 2 N–H and O–H groups in total. The first-order chi connectivity index (χ1) is 18.0. The molecule has 0 aliphatic heterocycles. The number of rotatable bonds is 6. The van der Waals surface area contributed by atoms with Crippen molar-refractivity contribution >= 4 is 21.8 Å². The fourth-order valence-corrected chi connectivity index (χ4v) is 4.60. The number of halogens is 1. The van der Waals surface area contributed by atoms with Crippen LogP contribution in [0.15, 0.2) is 67.4 Å². The lowest BCUT2D eigenvalue weighted by molar-refractivity contribution is 0.402. The lowest BCUT2D eigenvalue weighted by Gasteiger charge is -2.10. The number of hydrogen-bond donors (Lipinski definition) is 2. The summed E-state index contributed by atoms with van der Waals surface area (Å²) in [5.41, 5.74) is 7.56. The monoisotopic (exact) mass is 493 g/mol. The topological polar surface area (TPSA) is 95.6 Å². The Morgan fingerprint density at radius 3 is 2.57 bits per heavy atom. The molecule has 0 aliphatic rings. The molecular formula is C28H24FN7O. The van der Waals surface area contributed by atoms with Crippen molar-refractivity contribution in [2.45, 2.75) is 6.54 Å². The summed E-state index contributed by atoms with van der Waals surface area (Å²) < 4.78 is 19.5. The summed E-state index contributed by atoms with van der Waals surface area (Å²) in [4.78, 5) is 18.9. The van der Waals surface area contributed by atoms with Crippen LogP contribution < -0.4 is 4.74 Å². The summed E-state index contributed by atoms with van der Waals surface area (Å²) in [6, 6.07) is 10.8. The summed E-state index contributed by atoms with van der Waals surface area (Å²) in [6.45, 7) is 0.794. The van der Waals surface area contributed by atoms with Gasteiger partial charge in [0.05, 0.1) is 41.9 Å². The highest BCUT2D eigenvalue weighted by atomic mass is 19.1. The molecule has 0 bridgehead atoms. The van der Waals surface area contributed by atoms with Crippen LogP contribution in [0, 0.1) is 5.82 Å². The van der Waals surface area contributed by atoms with Crippen LogP contribution in [-0.2, 0) is 6.54 Å². The van der Waals surface area contributed by atoms with E-state index in [4.69, 9.17) is 4.74 Å². The Labute approximate surface area is 212 Å². The average Bonchev–Trinajstić information content (AvgIpc) is 3.51. The van der Waals surface area contributed by atoms with Gasteiger partial charge in [0.25, 0.3) is 0 Å². The van der Waals surface area contributed by atoms with E-state index in [0.29, 0.717) is 11.3 Å². The molecule has 5 heterocycles. The minimum Gasteiger partial charge on any atom is -0.497 e.